The fraction of sp³-hybridized carbons (Fsp3) is 0.333. The second-order valence-corrected chi connectivity index (χ2v) is 5.01. The van der Waals surface area contributed by atoms with Gasteiger partial charge >= 0.3 is 0 Å². The van der Waals surface area contributed by atoms with E-state index >= 15 is 0 Å². The zero-order valence-corrected chi connectivity index (χ0v) is 11.0. The lowest BCUT2D eigenvalue weighted by Gasteiger charge is -2.19. The zero-order valence-electron chi connectivity index (χ0n) is 9.46. The third-order valence-corrected chi connectivity index (χ3v) is 3.59. The van der Waals surface area contributed by atoms with Gasteiger partial charge in [-0.25, -0.2) is 9.37 Å². The van der Waals surface area contributed by atoms with E-state index in [1.54, 1.807) is 0 Å². The number of nitrogens with zero attached hydrogens (tertiary/aromatic N) is 3. The smallest absolute Gasteiger partial charge is 0.225 e. The molecule has 0 radical (unpaired) electrons. The number of halogens is 3. The number of anilines is 1. The SMILES string of the molecule is Fc1ccc(Cl)c2c(N3CCCC3)nc(Cl)nc12. The van der Waals surface area contributed by atoms with Crippen molar-refractivity contribution in [2.45, 2.75) is 12.8 Å². The Labute approximate surface area is 114 Å². The van der Waals surface area contributed by atoms with Crippen LogP contribution in [0.3, 0.4) is 0 Å². The molecule has 18 heavy (non-hydrogen) atoms. The van der Waals surface area contributed by atoms with Gasteiger partial charge in [0, 0.05) is 13.1 Å². The van der Waals surface area contributed by atoms with Gasteiger partial charge in [0.2, 0.25) is 5.28 Å². The lowest BCUT2D eigenvalue weighted by Crippen LogP contribution is -2.20. The van der Waals surface area contributed by atoms with E-state index in [9.17, 15) is 4.39 Å². The van der Waals surface area contributed by atoms with Gasteiger partial charge in [0.25, 0.3) is 0 Å². The fourth-order valence-corrected chi connectivity index (χ4v) is 2.68. The van der Waals surface area contributed by atoms with Gasteiger partial charge in [-0.2, -0.15) is 4.98 Å². The van der Waals surface area contributed by atoms with Gasteiger partial charge in [0.1, 0.15) is 17.2 Å². The number of rotatable bonds is 1. The van der Waals surface area contributed by atoms with Crippen LogP contribution in [0.4, 0.5) is 10.2 Å². The van der Waals surface area contributed by atoms with Crippen LogP contribution in [-0.4, -0.2) is 23.1 Å². The highest BCUT2D eigenvalue weighted by molar-refractivity contribution is 6.36. The van der Waals surface area contributed by atoms with Crippen molar-refractivity contribution in [1.29, 1.82) is 0 Å². The molecule has 0 aliphatic carbocycles. The summed E-state index contributed by atoms with van der Waals surface area (Å²) in [5.74, 6) is 0.200. The Morgan fingerprint density at radius 3 is 2.56 bits per heavy atom. The lowest BCUT2D eigenvalue weighted by molar-refractivity contribution is 0.636. The Balaban J connectivity index is 2.32. The van der Waals surface area contributed by atoms with E-state index < -0.39 is 5.82 Å². The summed E-state index contributed by atoms with van der Waals surface area (Å²) >= 11 is 12.0. The van der Waals surface area contributed by atoms with Gasteiger partial charge in [-0.3, -0.25) is 0 Å². The molecule has 0 spiro atoms. The highest BCUT2D eigenvalue weighted by Gasteiger charge is 2.21. The second kappa shape index (κ2) is 4.52. The number of hydrogen-bond donors (Lipinski definition) is 0. The number of fused-ring (bicyclic) bond motifs is 1. The summed E-state index contributed by atoms with van der Waals surface area (Å²) in [6.45, 7) is 1.77. The maximum atomic E-state index is 13.8. The minimum atomic E-state index is -0.431. The summed E-state index contributed by atoms with van der Waals surface area (Å²) in [5, 5.41) is 1.04. The monoisotopic (exact) mass is 285 g/mol. The molecular weight excluding hydrogens is 276 g/mol. The van der Waals surface area contributed by atoms with Crippen LogP contribution in [0.15, 0.2) is 12.1 Å². The molecule has 6 heteroatoms. The normalized spacial score (nSPS) is 15.6. The van der Waals surface area contributed by atoms with Crippen LogP contribution in [0.1, 0.15) is 12.8 Å². The van der Waals surface area contributed by atoms with Crippen LogP contribution < -0.4 is 4.90 Å². The quantitative estimate of drug-likeness (QED) is 0.749. The zero-order chi connectivity index (χ0) is 12.7. The van der Waals surface area contributed by atoms with E-state index in [0.717, 1.165) is 25.9 Å². The van der Waals surface area contributed by atoms with Gasteiger partial charge in [0.05, 0.1) is 10.4 Å². The standard InChI is InChI=1S/C12H10Cl2FN3/c13-7-3-4-8(15)10-9(7)11(17-12(14)16-10)18-5-1-2-6-18/h3-4H,1-2,5-6H2. The minimum absolute atomic E-state index is 0.0468. The van der Waals surface area contributed by atoms with Crippen LogP contribution in [0.25, 0.3) is 10.9 Å². The van der Waals surface area contributed by atoms with Crippen molar-refractivity contribution in [2.24, 2.45) is 0 Å². The molecular formula is C12H10Cl2FN3. The van der Waals surface area contributed by atoms with Gasteiger partial charge in [-0.05, 0) is 36.6 Å². The molecule has 3 rings (SSSR count). The van der Waals surface area contributed by atoms with Crippen LogP contribution in [0.2, 0.25) is 10.3 Å². The Morgan fingerprint density at radius 1 is 1.11 bits per heavy atom. The molecule has 2 heterocycles. The van der Waals surface area contributed by atoms with Crippen molar-refractivity contribution in [3.63, 3.8) is 0 Å². The van der Waals surface area contributed by atoms with E-state index in [0.29, 0.717) is 16.2 Å². The van der Waals surface area contributed by atoms with E-state index in [2.05, 4.69) is 14.9 Å². The molecule has 2 aromatic rings. The van der Waals surface area contributed by atoms with Gasteiger partial charge < -0.3 is 4.90 Å². The molecule has 1 fully saturated rings. The molecule has 3 nitrogen and oxygen atoms in total. The number of aromatic nitrogens is 2. The molecule has 0 bridgehead atoms. The van der Waals surface area contributed by atoms with Crippen LogP contribution in [-0.2, 0) is 0 Å². The van der Waals surface area contributed by atoms with Crippen molar-refractivity contribution >= 4 is 39.9 Å². The molecule has 1 aromatic carbocycles. The molecule has 0 amide bonds. The lowest BCUT2D eigenvalue weighted by atomic mass is 10.2. The van der Waals surface area contributed by atoms with Crippen molar-refractivity contribution in [3.8, 4) is 0 Å². The van der Waals surface area contributed by atoms with Gasteiger partial charge in [0.15, 0.2) is 0 Å². The van der Waals surface area contributed by atoms with Crippen molar-refractivity contribution in [1.82, 2.24) is 9.97 Å². The predicted molar refractivity (Wildman–Crippen MR) is 71.0 cm³/mol. The second-order valence-electron chi connectivity index (χ2n) is 4.26. The number of hydrogen-bond acceptors (Lipinski definition) is 3. The summed E-state index contributed by atoms with van der Waals surface area (Å²) in [5.41, 5.74) is 0.185. The summed E-state index contributed by atoms with van der Waals surface area (Å²) in [4.78, 5) is 10.2. The molecule has 0 unspecified atom stereocenters. The van der Waals surface area contributed by atoms with E-state index in [1.807, 2.05) is 0 Å². The summed E-state index contributed by atoms with van der Waals surface area (Å²) in [7, 11) is 0. The van der Waals surface area contributed by atoms with Crippen LogP contribution in [0.5, 0.6) is 0 Å². The Bertz CT molecular complexity index is 612. The molecule has 0 saturated carbocycles. The van der Waals surface area contributed by atoms with Gasteiger partial charge in [-0.1, -0.05) is 11.6 Å². The molecule has 94 valence electrons. The summed E-state index contributed by atoms with van der Waals surface area (Å²) in [6, 6.07) is 2.82. The average molecular weight is 286 g/mol. The molecule has 1 aliphatic rings. The minimum Gasteiger partial charge on any atom is -0.356 e. The average Bonchev–Trinajstić information content (AvgIpc) is 2.86. The molecule has 1 aromatic heterocycles. The van der Waals surface area contributed by atoms with Crippen molar-refractivity contribution < 1.29 is 4.39 Å². The highest BCUT2D eigenvalue weighted by Crippen LogP contribution is 2.34. The summed E-state index contributed by atoms with van der Waals surface area (Å²) < 4.78 is 13.8. The third kappa shape index (κ3) is 1.89. The molecule has 0 N–H and O–H groups in total. The first kappa shape index (κ1) is 11.9. The first-order valence-corrected chi connectivity index (χ1v) is 6.48. The third-order valence-electron chi connectivity index (χ3n) is 3.11. The van der Waals surface area contributed by atoms with Crippen molar-refractivity contribution in [2.75, 3.05) is 18.0 Å². The topological polar surface area (TPSA) is 29.0 Å². The van der Waals surface area contributed by atoms with E-state index in [1.165, 1.54) is 12.1 Å². The Kier molecular flexibility index (Phi) is 2.99. The van der Waals surface area contributed by atoms with Crippen LogP contribution >= 0.6 is 23.2 Å². The first-order valence-electron chi connectivity index (χ1n) is 5.73. The van der Waals surface area contributed by atoms with Gasteiger partial charge in [-0.15, -0.1) is 0 Å². The number of benzene rings is 1. The predicted octanol–water partition coefficient (Wildman–Crippen LogP) is 3.68. The summed E-state index contributed by atoms with van der Waals surface area (Å²) in [6.07, 6.45) is 2.19. The molecule has 1 aliphatic heterocycles. The van der Waals surface area contributed by atoms with E-state index in [4.69, 9.17) is 23.2 Å². The maximum absolute atomic E-state index is 13.8. The Morgan fingerprint density at radius 2 is 1.83 bits per heavy atom. The van der Waals surface area contributed by atoms with Crippen molar-refractivity contribution in [3.05, 3.63) is 28.3 Å². The van der Waals surface area contributed by atoms with E-state index in [-0.39, 0.29) is 10.8 Å². The fourth-order valence-electron chi connectivity index (χ4n) is 2.28. The first-order chi connectivity index (χ1) is 8.66. The molecule has 0 atom stereocenters. The maximum Gasteiger partial charge on any atom is 0.225 e. The molecule has 1 saturated heterocycles. The highest BCUT2D eigenvalue weighted by atomic mass is 35.5. The Hall–Kier alpha value is -1.13. The largest absolute Gasteiger partial charge is 0.356 e. The van der Waals surface area contributed by atoms with Crippen LogP contribution in [0, 0.1) is 5.82 Å².